The molecule has 0 amide bonds. The molecule has 2 rings (SSSR count). The number of ether oxygens (including phenoxy) is 1. The van der Waals surface area contributed by atoms with Gasteiger partial charge in [-0.05, 0) is 47.4 Å². The number of benzene rings is 1. The van der Waals surface area contributed by atoms with E-state index in [1.165, 1.54) is 0 Å². The zero-order chi connectivity index (χ0) is 26.0. The van der Waals surface area contributed by atoms with E-state index >= 15 is 0 Å². The van der Waals surface area contributed by atoms with Crippen LogP contribution < -0.4 is 0 Å². The molecule has 0 spiro atoms. The third-order valence-corrected chi connectivity index (χ3v) is 14.0. The van der Waals surface area contributed by atoms with Gasteiger partial charge in [0, 0.05) is 25.4 Å². The predicted molar refractivity (Wildman–Crippen MR) is 145 cm³/mol. The van der Waals surface area contributed by atoms with Crippen molar-refractivity contribution in [3.8, 4) is 0 Å². The maximum Gasteiger partial charge on any atom is 0.303 e. The van der Waals surface area contributed by atoms with E-state index in [4.69, 9.17) is 14.3 Å². The van der Waals surface area contributed by atoms with Crippen LogP contribution in [-0.2, 0) is 20.6 Å². The number of unbranched alkanes of at least 4 members (excludes halogenated alkanes) is 1. The molecule has 6 heteroatoms. The van der Waals surface area contributed by atoms with Gasteiger partial charge in [0.15, 0.2) is 8.32 Å². The van der Waals surface area contributed by atoms with Crippen LogP contribution in [-0.4, -0.2) is 43.3 Å². The highest BCUT2D eigenvalue weighted by atomic mass is 28.4. The molecule has 4 atom stereocenters. The van der Waals surface area contributed by atoms with E-state index in [0.29, 0.717) is 42.7 Å². The van der Waals surface area contributed by atoms with Crippen molar-refractivity contribution in [3.63, 3.8) is 0 Å². The van der Waals surface area contributed by atoms with Gasteiger partial charge in [0.2, 0.25) is 0 Å². The smallest absolute Gasteiger partial charge is 0.303 e. The zero-order valence-electron chi connectivity index (χ0n) is 22.7. The number of carbonyl (C=O) groups is 1. The Morgan fingerprint density at radius 2 is 1.66 bits per heavy atom. The van der Waals surface area contributed by atoms with E-state index in [1.54, 1.807) is 0 Å². The molecule has 0 bridgehead atoms. The zero-order valence-corrected chi connectivity index (χ0v) is 23.7. The van der Waals surface area contributed by atoms with Gasteiger partial charge in [0.25, 0.3) is 0 Å². The third kappa shape index (κ3) is 8.27. The second kappa shape index (κ2) is 14.3. The predicted octanol–water partition coefficient (Wildman–Crippen LogP) is 6.96. The largest absolute Gasteiger partial charge is 0.481 e. The lowest BCUT2D eigenvalue weighted by molar-refractivity contribution is -0.137. The summed E-state index contributed by atoms with van der Waals surface area (Å²) in [6, 6.07) is 10.2. The van der Waals surface area contributed by atoms with Crippen LogP contribution in [0.1, 0.15) is 79.2 Å². The average molecular weight is 505 g/mol. The number of carboxylic acids is 1. The van der Waals surface area contributed by atoms with Crippen molar-refractivity contribution < 1.29 is 24.2 Å². The number of aliphatic hydroxyl groups excluding tert-OH is 1. The lowest BCUT2D eigenvalue weighted by Gasteiger charge is -2.43. The molecule has 35 heavy (non-hydrogen) atoms. The monoisotopic (exact) mass is 504 g/mol. The molecule has 0 saturated heterocycles. The molecule has 0 unspecified atom stereocenters. The van der Waals surface area contributed by atoms with Crippen molar-refractivity contribution in [1.82, 2.24) is 0 Å². The summed E-state index contributed by atoms with van der Waals surface area (Å²) in [4.78, 5) is 10.7. The molecule has 1 aromatic rings. The second-order valence-electron chi connectivity index (χ2n) is 11.1. The number of hydrogen-bond acceptors (Lipinski definition) is 4. The third-order valence-electron chi connectivity index (χ3n) is 7.87. The first kappa shape index (κ1) is 29.8. The fraction of sp³-hybridized carbons (Fsp3) is 0.690. The normalized spacial score (nSPS) is 23.3. The van der Waals surface area contributed by atoms with Gasteiger partial charge in [0.05, 0.1) is 18.8 Å². The first-order valence-corrected chi connectivity index (χ1v) is 15.6. The Balaban J connectivity index is 2.15. The SMILES string of the molecule is CC(C)[Si](OC[C@@H]1[C@@H](C/C=C\CCCC(=O)O)[C@H](O)C[C@H]1OCc1ccccc1)(C(C)C)C(C)C. The lowest BCUT2D eigenvalue weighted by Crippen LogP contribution is -2.49. The molecule has 1 saturated carbocycles. The van der Waals surface area contributed by atoms with Crippen molar-refractivity contribution in [3.05, 3.63) is 48.0 Å². The van der Waals surface area contributed by atoms with E-state index in [-0.39, 0.29) is 24.4 Å². The Morgan fingerprint density at radius 1 is 1.03 bits per heavy atom. The van der Waals surface area contributed by atoms with Crippen molar-refractivity contribution in [2.24, 2.45) is 11.8 Å². The van der Waals surface area contributed by atoms with Gasteiger partial charge in [-0.1, -0.05) is 84.0 Å². The minimum atomic E-state index is -2.03. The molecular formula is C29H48O5Si. The molecule has 0 aliphatic heterocycles. The van der Waals surface area contributed by atoms with Gasteiger partial charge in [-0.2, -0.15) is 0 Å². The molecule has 1 aromatic carbocycles. The molecule has 0 radical (unpaired) electrons. The lowest BCUT2D eigenvalue weighted by atomic mass is 9.91. The van der Waals surface area contributed by atoms with Crippen molar-refractivity contribution >= 4 is 14.3 Å². The number of carboxylic acid groups (broad SMARTS) is 1. The van der Waals surface area contributed by atoms with Crippen LogP contribution in [0, 0.1) is 11.8 Å². The van der Waals surface area contributed by atoms with Crippen LogP contribution in [0.2, 0.25) is 16.6 Å². The molecular weight excluding hydrogens is 456 g/mol. The molecule has 0 aromatic heterocycles. The highest BCUT2D eigenvalue weighted by molar-refractivity contribution is 6.77. The van der Waals surface area contributed by atoms with Gasteiger partial charge < -0.3 is 19.4 Å². The highest BCUT2D eigenvalue weighted by Gasteiger charge is 2.48. The Kier molecular flexibility index (Phi) is 12.2. The molecule has 0 heterocycles. The van der Waals surface area contributed by atoms with Crippen LogP contribution in [0.25, 0.3) is 0 Å². The first-order chi connectivity index (χ1) is 16.6. The Bertz CT molecular complexity index is 755. The average Bonchev–Trinajstić information content (AvgIpc) is 3.09. The summed E-state index contributed by atoms with van der Waals surface area (Å²) in [5.74, 6) is -0.557. The molecule has 1 fully saturated rings. The van der Waals surface area contributed by atoms with Gasteiger partial charge >= 0.3 is 5.97 Å². The summed E-state index contributed by atoms with van der Waals surface area (Å²) in [5, 5.41) is 19.9. The number of rotatable bonds is 15. The van der Waals surface area contributed by atoms with E-state index in [9.17, 15) is 9.90 Å². The first-order valence-electron chi connectivity index (χ1n) is 13.4. The Hall–Kier alpha value is -1.47. The molecule has 1 aliphatic rings. The maximum absolute atomic E-state index is 11.0. The number of hydrogen-bond donors (Lipinski definition) is 2. The van der Waals surface area contributed by atoms with E-state index < -0.39 is 20.4 Å². The van der Waals surface area contributed by atoms with Crippen molar-refractivity contribution in [2.75, 3.05) is 6.61 Å². The van der Waals surface area contributed by atoms with E-state index in [2.05, 4.69) is 65.8 Å². The Labute approximate surface area is 214 Å². The highest BCUT2D eigenvalue weighted by Crippen LogP contribution is 2.45. The van der Waals surface area contributed by atoms with Gasteiger partial charge in [-0.15, -0.1) is 0 Å². The number of allylic oxidation sites excluding steroid dienone is 2. The van der Waals surface area contributed by atoms with E-state index in [0.717, 1.165) is 18.4 Å². The fourth-order valence-corrected chi connectivity index (χ4v) is 11.6. The molecule has 198 valence electrons. The van der Waals surface area contributed by atoms with Crippen molar-refractivity contribution in [1.29, 1.82) is 0 Å². The van der Waals surface area contributed by atoms with Gasteiger partial charge in [0.1, 0.15) is 0 Å². The summed E-state index contributed by atoms with van der Waals surface area (Å²) < 4.78 is 13.4. The molecule has 2 N–H and O–H groups in total. The quantitative estimate of drug-likeness (QED) is 0.153. The number of aliphatic hydroxyl groups is 1. The maximum atomic E-state index is 11.0. The topological polar surface area (TPSA) is 76.0 Å². The van der Waals surface area contributed by atoms with Gasteiger partial charge in [-0.3, -0.25) is 4.79 Å². The van der Waals surface area contributed by atoms with E-state index in [1.807, 2.05) is 18.2 Å². The summed E-state index contributed by atoms with van der Waals surface area (Å²) in [6.07, 6.45) is 6.64. The van der Waals surface area contributed by atoms with Gasteiger partial charge in [-0.25, -0.2) is 0 Å². The Morgan fingerprint density at radius 3 is 2.23 bits per heavy atom. The van der Waals surface area contributed by atoms with Crippen LogP contribution in [0.4, 0.5) is 0 Å². The van der Waals surface area contributed by atoms with Crippen LogP contribution >= 0.6 is 0 Å². The summed E-state index contributed by atoms with van der Waals surface area (Å²) in [7, 11) is -2.03. The van der Waals surface area contributed by atoms with Crippen LogP contribution in [0.5, 0.6) is 0 Å². The second-order valence-corrected chi connectivity index (χ2v) is 16.5. The fourth-order valence-electron chi connectivity index (χ4n) is 6.16. The minimum Gasteiger partial charge on any atom is -0.481 e. The summed E-state index contributed by atoms with van der Waals surface area (Å²) in [5.41, 5.74) is 2.65. The van der Waals surface area contributed by atoms with Crippen molar-refractivity contribution in [2.45, 2.75) is 109 Å². The summed E-state index contributed by atoms with van der Waals surface area (Å²) in [6.45, 7) is 15.0. The standard InChI is InChI=1S/C29H48O5Si/c1-21(2)35(22(3)4,23(5)6)34-20-26-25(16-12-7-8-13-17-29(31)32)27(30)18-28(26)33-19-24-14-10-9-11-15-24/h7,9-12,14-15,21-23,25-28,30H,8,13,16-20H2,1-6H3,(H,31,32)/b12-7-/t25-,26-,27-,28-/m1/s1. The minimum absolute atomic E-state index is 0.0474. The number of aliphatic carboxylic acids is 1. The summed E-state index contributed by atoms with van der Waals surface area (Å²) >= 11 is 0. The van der Waals surface area contributed by atoms with Crippen LogP contribution in [0.15, 0.2) is 42.5 Å². The molecule has 1 aliphatic carbocycles. The molecule has 5 nitrogen and oxygen atoms in total. The van der Waals surface area contributed by atoms with Crippen LogP contribution in [0.3, 0.4) is 0 Å².